The van der Waals surface area contributed by atoms with Gasteiger partial charge >= 0.3 is 5.97 Å². The molecule has 0 unspecified atom stereocenters. The minimum Gasteiger partial charge on any atom is -0.481 e. The Morgan fingerprint density at radius 3 is 2.16 bits per heavy atom. The maximum Gasteiger partial charge on any atom is 0.306 e. The van der Waals surface area contributed by atoms with Crippen LogP contribution in [0.4, 0.5) is 0 Å². The Labute approximate surface area is 194 Å². The summed E-state index contributed by atoms with van der Waals surface area (Å²) in [7, 11) is 3.43. The van der Waals surface area contributed by atoms with Gasteiger partial charge < -0.3 is 19.6 Å². The van der Waals surface area contributed by atoms with Gasteiger partial charge in [0.25, 0.3) is 0 Å². The molecule has 0 saturated carbocycles. The van der Waals surface area contributed by atoms with Gasteiger partial charge in [-0.05, 0) is 30.6 Å². The molecule has 0 spiro atoms. The minimum absolute atomic E-state index is 0.0187. The third-order valence-corrected chi connectivity index (χ3v) is 7.88. The van der Waals surface area contributed by atoms with E-state index in [0.717, 1.165) is 19.3 Å². The van der Waals surface area contributed by atoms with E-state index in [4.69, 9.17) is 4.74 Å². The van der Waals surface area contributed by atoms with Crippen molar-refractivity contribution in [3.8, 4) is 0 Å². The summed E-state index contributed by atoms with van der Waals surface area (Å²) in [4.78, 5) is 41.6. The minimum atomic E-state index is -0.831. The Morgan fingerprint density at radius 1 is 1.09 bits per heavy atom. The molecule has 7 heteroatoms. The monoisotopic (exact) mass is 454 g/mol. The lowest BCUT2D eigenvalue weighted by molar-refractivity contribution is -0.147. The summed E-state index contributed by atoms with van der Waals surface area (Å²) in [6.45, 7) is 14.5. The van der Waals surface area contributed by atoms with E-state index in [0.29, 0.717) is 6.54 Å². The first-order chi connectivity index (χ1) is 14.9. The first-order valence-electron chi connectivity index (χ1n) is 12.2. The summed E-state index contributed by atoms with van der Waals surface area (Å²) in [6.07, 6.45) is 2.33. The van der Waals surface area contributed by atoms with Crippen molar-refractivity contribution in [2.75, 3.05) is 20.7 Å². The lowest BCUT2D eigenvalue weighted by atomic mass is 9.86. The standard InChI is InChI=1S/C25H46N2O5/c1-10-16(4)23(26(8)24(29)17(5)15(2)3)21(32-9)14-22(28)27-13-11-12-20(27)18(6)19(7)25(30)31/h15-21,23H,10-14H2,1-9H3,(H,30,31)/t16-,17-,18+,19+,20-,21+,23-/m0/s1. The smallest absolute Gasteiger partial charge is 0.306 e. The molecule has 1 N–H and O–H groups in total. The second-order valence-electron chi connectivity index (χ2n) is 10.1. The highest BCUT2D eigenvalue weighted by Gasteiger charge is 2.40. The lowest BCUT2D eigenvalue weighted by Gasteiger charge is -2.40. The first-order valence-corrected chi connectivity index (χ1v) is 12.2. The van der Waals surface area contributed by atoms with Crippen LogP contribution in [0, 0.1) is 29.6 Å². The van der Waals surface area contributed by atoms with Gasteiger partial charge in [-0.2, -0.15) is 0 Å². The number of carbonyl (C=O) groups excluding carboxylic acids is 2. The average molecular weight is 455 g/mol. The van der Waals surface area contributed by atoms with Gasteiger partial charge in [0.15, 0.2) is 0 Å². The SMILES string of the molecule is CC[C@H](C)[C@@H]([C@@H](CC(=O)N1CCC[C@H]1[C@H](C)[C@@H](C)C(=O)O)OC)N(C)C(=O)[C@@H](C)C(C)C. The van der Waals surface area contributed by atoms with Gasteiger partial charge in [0.2, 0.25) is 11.8 Å². The number of amides is 2. The summed E-state index contributed by atoms with van der Waals surface area (Å²) in [5.41, 5.74) is 0. The lowest BCUT2D eigenvalue weighted by Crippen LogP contribution is -2.53. The number of likely N-dealkylation sites (tertiary alicyclic amines) is 1. The molecule has 1 aliphatic rings. The Bertz CT molecular complexity index is 638. The topological polar surface area (TPSA) is 87.2 Å². The van der Waals surface area contributed by atoms with Crippen LogP contribution in [0.1, 0.15) is 74.1 Å². The molecule has 1 fully saturated rings. The van der Waals surface area contributed by atoms with Crippen LogP contribution in [0.5, 0.6) is 0 Å². The van der Waals surface area contributed by atoms with Crippen LogP contribution in [0.15, 0.2) is 0 Å². The van der Waals surface area contributed by atoms with Crippen LogP contribution in [-0.2, 0) is 19.1 Å². The second-order valence-corrected chi connectivity index (χ2v) is 10.1. The average Bonchev–Trinajstić information content (AvgIpc) is 3.25. The zero-order valence-electron chi connectivity index (χ0n) is 21.6. The van der Waals surface area contributed by atoms with Crippen LogP contribution >= 0.6 is 0 Å². The molecule has 32 heavy (non-hydrogen) atoms. The fraction of sp³-hybridized carbons (Fsp3) is 0.880. The zero-order valence-corrected chi connectivity index (χ0v) is 21.6. The van der Waals surface area contributed by atoms with E-state index in [2.05, 4.69) is 13.8 Å². The highest BCUT2D eigenvalue weighted by atomic mass is 16.5. The van der Waals surface area contributed by atoms with Crippen LogP contribution in [0.25, 0.3) is 0 Å². The van der Waals surface area contributed by atoms with Crippen molar-refractivity contribution in [1.29, 1.82) is 0 Å². The number of carbonyl (C=O) groups is 3. The molecule has 0 aromatic heterocycles. The normalized spacial score (nSPS) is 22.2. The number of carboxylic acids is 1. The quantitative estimate of drug-likeness (QED) is 0.483. The fourth-order valence-corrected chi connectivity index (χ4v) is 4.83. The van der Waals surface area contributed by atoms with Crippen molar-refractivity contribution in [1.82, 2.24) is 9.80 Å². The van der Waals surface area contributed by atoms with Gasteiger partial charge in [-0.25, -0.2) is 0 Å². The van der Waals surface area contributed by atoms with Crippen LogP contribution in [-0.4, -0.2) is 71.6 Å². The van der Waals surface area contributed by atoms with Crippen molar-refractivity contribution >= 4 is 17.8 Å². The number of ether oxygens (including phenoxy) is 1. The summed E-state index contributed by atoms with van der Waals surface area (Å²) in [5, 5.41) is 9.42. The number of hydrogen-bond donors (Lipinski definition) is 1. The predicted octanol–water partition coefficient (Wildman–Crippen LogP) is 3.90. The molecule has 0 aromatic rings. The summed E-state index contributed by atoms with van der Waals surface area (Å²) < 4.78 is 5.82. The molecule has 1 heterocycles. The van der Waals surface area contributed by atoms with Gasteiger partial charge in [0.1, 0.15) is 0 Å². The molecule has 7 atom stereocenters. The van der Waals surface area contributed by atoms with E-state index in [-0.39, 0.29) is 54.0 Å². The number of carboxylic acid groups (broad SMARTS) is 1. The molecule has 0 bridgehead atoms. The van der Waals surface area contributed by atoms with E-state index in [1.807, 2.05) is 39.6 Å². The number of hydrogen-bond acceptors (Lipinski definition) is 4. The molecule has 7 nitrogen and oxygen atoms in total. The molecule has 1 aliphatic heterocycles. The van der Waals surface area contributed by atoms with Crippen LogP contribution in [0.2, 0.25) is 0 Å². The van der Waals surface area contributed by atoms with Gasteiger partial charge in [0.05, 0.1) is 24.5 Å². The fourth-order valence-electron chi connectivity index (χ4n) is 4.83. The third kappa shape index (κ3) is 6.69. The summed E-state index contributed by atoms with van der Waals surface area (Å²) in [5.74, 6) is -1.13. The van der Waals surface area contributed by atoms with E-state index in [1.54, 1.807) is 18.9 Å². The first kappa shape index (κ1) is 28.4. The highest BCUT2D eigenvalue weighted by molar-refractivity contribution is 5.80. The maximum absolute atomic E-state index is 13.4. The van der Waals surface area contributed by atoms with Gasteiger partial charge in [-0.1, -0.05) is 54.9 Å². The number of methoxy groups -OCH3 is 1. The van der Waals surface area contributed by atoms with E-state index < -0.39 is 18.0 Å². The third-order valence-electron chi connectivity index (χ3n) is 7.88. The highest BCUT2D eigenvalue weighted by Crippen LogP contribution is 2.31. The molecule has 0 aliphatic carbocycles. The molecule has 0 radical (unpaired) electrons. The van der Waals surface area contributed by atoms with Crippen molar-refractivity contribution in [3.63, 3.8) is 0 Å². The zero-order chi connectivity index (χ0) is 24.7. The van der Waals surface area contributed by atoms with Crippen LogP contribution < -0.4 is 0 Å². The molecular formula is C25H46N2O5. The summed E-state index contributed by atoms with van der Waals surface area (Å²) in [6, 6.07) is -0.285. The second kappa shape index (κ2) is 12.6. The van der Waals surface area contributed by atoms with Gasteiger partial charge in [-0.15, -0.1) is 0 Å². The Kier molecular flexibility index (Phi) is 11.2. The maximum atomic E-state index is 13.4. The van der Waals surface area contributed by atoms with Gasteiger partial charge in [-0.3, -0.25) is 14.4 Å². The van der Waals surface area contributed by atoms with Crippen molar-refractivity contribution < 1.29 is 24.2 Å². The largest absolute Gasteiger partial charge is 0.481 e. The van der Waals surface area contributed by atoms with E-state index in [9.17, 15) is 19.5 Å². The molecule has 1 saturated heterocycles. The van der Waals surface area contributed by atoms with Gasteiger partial charge in [0, 0.05) is 32.7 Å². The Hall–Kier alpha value is -1.63. The molecular weight excluding hydrogens is 408 g/mol. The molecule has 186 valence electrons. The molecule has 1 rings (SSSR count). The van der Waals surface area contributed by atoms with Crippen molar-refractivity contribution in [3.05, 3.63) is 0 Å². The Morgan fingerprint density at radius 2 is 1.69 bits per heavy atom. The van der Waals surface area contributed by atoms with E-state index in [1.165, 1.54) is 0 Å². The number of likely N-dealkylation sites (N-methyl/N-ethyl adjacent to an activating group) is 1. The van der Waals surface area contributed by atoms with Crippen molar-refractivity contribution in [2.24, 2.45) is 29.6 Å². The number of nitrogens with zero attached hydrogens (tertiary/aromatic N) is 2. The van der Waals surface area contributed by atoms with Crippen LogP contribution in [0.3, 0.4) is 0 Å². The number of rotatable bonds is 12. The predicted molar refractivity (Wildman–Crippen MR) is 126 cm³/mol. The molecule has 0 aromatic carbocycles. The van der Waals surface area contributed by atoms with Crippen molar-refractivity contribution in [2.45, 2.75) is 92.3 Å². The van der Waals surface area contributed by atoms with E-state index >= 15 is 0 Å². The summed E-state index contributed by atoms with van der Waals surface area (Å²) >= 11 is 0. The number of aliphatic carboxylic acids is 1. The Balaban J connectivity index is 3.06. The molecule has 2 amide bonds.